The van der Waals surface area contributed by atoms with E-state index in [1.165, 1.54) is 0 Å². The molecular formula is C12H25N3OS. The number of amides is 1. The minimum absolute atomic E-state index is 0.245. The molecule has 1 aliphatic rings. The molecule has 0 bridgehead atoms. The van der Waals surface area contributed by atoms with E-state index in [0.717, 1.165) is 38.5 Å². The first-order chi connectivity index (χ1) is 8.13. The summed E-state index contributed by atoms with van der Waals surface area (Å²) in [6, 6.07) is 0. The number of carbonyl (C=O) groups excluding carboxylic acids is 1. The maximum atomic E-state index is 11.9. The highest BCUT2D eigenvalue weighted by molar-refractivity contribution is 7.98. The van der Waals surface area contributed by atoms with Crippen LogP contribution in [-0.2, 0) is 4.79 Å². The fourth-order valence-electron chi connectivity index (χ4n) is 1.94. The number of carbonyl (C=O) groups is 1. The first-order valence-electron chi connectivity index (χ1n) is 6.29. The highest BCUT2D eigenvalue weighted by Gasteiger charge is 2.18. The Hall–Kier alpha value is -0.260. The molecule has 1 fully saturated rings. The highest BCUT2D eigenvalue weighted by Crippen LogP contribution is 2.03. The molecule has 1 heterocycles. The Morgan fingerprint density at radius 3 is 2.59 bits per heavy atom. The fourth-order valence-corrected chi connectivity index (χ4v) is 2.62. The lowest BCUT2D eigenvalue weighted by Crippen LogP contribution is -2.49. The summed E-state index contributed by atoms with van der Waals surface area (Å²) in [5.74, 6) is 2.02. The van der Waals surface area contributed by atoms with Crippen LogP contribution in [0.1, 0.15) is 6.92 Å². The number of piperazine rings is 1. The Bertz CT molecular complexity index is 230. The van der Waals surface area contributed by atoms with Crippen LogP contribution >= 0.6 is 11.8 Å². The van der Waals surface area contributed by atoms with Crippen molar-refractivity contribution in [1.29, 1.82) is 0 Å². The summed E-state index contributed by atoms with van der Waals surface area (Å²) in [5, 5.41) is 3.26. The van der Waals surface area contributed by atoms with Crippen LogP contribution < -0.4 is 5.32 Å². The Morgan fingerprint density at radius 1 is 1.35 bits per heavy atom. The fraction of sp³-hybridized carbons (Fsp3) is 0.917. The molecule has 17 heavy (non-hydrogen) atoms. The van der Waals surface area contributed by atoms with Crippen LogP contribution in [0.3, 0.4) is 0 Å². The van der Waals surface area contributed by atoms with Crippen LogP contribution in [0.4, 0.5) is 0 Å². The van der Waals surface area contributed by atoms with E-state index in [-0.39, 0.29) is 5.91 Å². The van der Waals surface area contributed by atoms with Crippen LogP contribution in [0.2, 0.25) is 0 Å². The van der Waals surface area contributed by atoms with Gasteiger partial charge in [-0.25, -0.2) is 0 Å². The van der Waals surface area contributed by atoms with Gasteiger partial charge in [0.2, 0.25) is 5.91 Å². The Labute approximate surface area is 109 Å². The maximum Gasteiger partial charge on any atom is 0.236 e. The summed E-state index contributed by atoms with van der Waals surface area (Å²) < 4.78 is 0. The molecule has 1 rings (SSSR count). The summed E-state index contributed by atoms with van der Waals surface area (Å²) >= 11 is 1.86. The quantitative estimate of drug-likeness (QED) is 0.747. The van der Waals surface area contributed by atoms with Crippen LogP contribution in [0.25, 0.3) is 0 Å². The average Bonchev–Trinajstić information content (AvgIpc) is 2.30. The van der Waals surface area contributed by atoms with E-state index < -0.39 is 0 Å². The van der Waals surface area contributed by atoms with Gasteiger partial charge in [0, 0.05) is 26.2 Å². The van der Waals surface area contributed by atoms with Gasteiger partial charge in [-0.05, 0) is 31.5 Å². The lowest BCUT2D eigenvalue weighted by molar-refractivity contribution is -0.131. The number of likely N-dealkylation sites (N-methyl/N-ethyl adjacent to an activating group) is 1. The van der Waals surface area contributed by atoms with Gasteiger partial charge in [-0.15, -0.1) is 0 Å². The van der Waals surface area contributed by atoms with Crippen molar-refractivity contribution in [1.82, 2.24) is 15.1 Å². The molecule has 0 spiro atoms. The Balaban J connectivity index is 2.12. The topological polar surface area (TPSA) is 35.6 Å². The maximum absolute atomic E-state index is 11.9. The average molecular weight is 259 g/mol. The number of hydrogen-bond acceptors (Lipinski definition) is 4. The largest absolute Gasteiger partial charge is 0.339 e. The van der Waals surface area contributed by atoms with Crippen LogP contribution in [-0.4, -0.2) is 74.0 Å². The van der Waals surface area contributed by atoms with Crippen molar-refractivity contribution in [2.45, 2.75) is 6.92 Å². The van der Waals surface area contributed by atoms with Gasteiger partial charge in [0.05, 0.1) is 6.54 Å². The van der Waals surface area contributed by atoms with E-state index in [9.17, 15) is 4.79 Å². The van der Waals surface area contributed by atoms with Crippen molar-refractivity contribution in [3.05, 3.63) is 0 Å². The molecule has 0 aromatic carbocycles. The molecule has 1 aliphatic heterocycles. The minimum Gasteiger partial charge on any atom is -0.339 e. The highest BCUT2D eigenvalue weighted by atomic mass is 32.2. The Kier molecular flexibility index (Phi) is 6.92. The van der Waals surface area contributed by atoms with Crippen molar-refractivity contribution in [2.75, 3.05) is 58.3 Å². The van der Waals surface area contributed by atoms with Crippen LogP contribution in [0, 0.1) is 5.92 Å². The van der Waals surface area contributed by atoms with E-state index in [1.54, 1.807) is 0 Å². The lowest BCUT2D eigenvalue weighted by Gasteiger charge is -2.32. The molecule has 5 heteroatoms. The molecule has 0 aromatic heterocycles. The molecule has 1 saturated heterocycles. The second-order valence-corrected chi connectivity index (χ2v) is 5.79. The monoisotopic (exact) mass is 259 g/mol. The molecule has 0 saturated carbocycles. The summed E-state index contributed by atoms with van der Waals surface area (Å²) in [6.07, 6.45) is 2.12. The van der Waals surface area contributed by atoms with E-state index in [4.69, 9.17) is 0 Å². The zero-order valence-corrected chi connectivity index (χ0v) is 12.1. The molecule has 0 radical (unpaired) electrons. The molecular weight excluding hydrogens is 234 g/mol. The molecule has 1 amide bonds. The van der Waals surface area contributed by atoms with Gasteiger partial charge >= 0.3 is 0 Å². The van der Waals surface area contributed by atoms with Gasteiger partial charge in [-0.1, -0.05) is 6.92 Å². The van der Waals surface area contributed by atoms with Crippen LogP contribution in [0.15, 0.2) is 0 Å². The number of hydrogen-bond donors (Lipinski definition) is 1. The molecule has 0 aliphatic carbocycles. The van der Waals surface area contributed by atoms with E-state index in [0.29, 0.717) is 12.5 Å². The predicted molar refractivity (Wildman–Crippen MR) is 74.5 cm³/mol. The lowest BCUT2D eigenvalue weighted by atomic mass is 10.2. The van der Waals surface area contributed by atoms with Crippen molar-refractivity contribution in [3.63, 3.8) is 0 Å². The third kappa shape index (κ3) is 5.75. The summed E-state index contributed by atoms with van der Waals surface area (Å²) in [7, 11) is 2.10. The predicted octanol–water partition coefficient (Wildman–Crippen LogP) is 0.349. The van der Waals surface area contributed by atoms with Gasteiger partial charge in [0.25, 0.3) is 0 Å². The van der Waals surface area contributed by atoms with E-state index in [1.807, 2.05) is 16.7 Å². The standard InChI is InChI=1S/C12H25N3OS/c1-11(10-17-3)8-13-9-12(16)15-6-4-14(2)5-7-15/h11,13H,4-10H2,1-3H3. The number of nitrogens with one attached hydrogen (secondary N) is 1. The molecule has 1 atom stereocenters. The first kappa shape index (κ1) is 14.8. The van der Waals surface area contributed by atoms with Gasteiger partial charge in [-0.2, -0.15) is 11.8 Å². The molecule has 0 aromatic rings. The summed E-state index contributed by atoms with van der Waals surface area (Å²) in [5.41, 5.74) is 0. The SMILES string of the molecule is CSCC(C)CNCC(=O)N1CCN(C)CC1. The molecule has 1 unspecified atom stereocenters. The third-order valence-electron chi connectivity index (χ3n) is 3.08. The number of thioether (sulfide) groups is 1. The van der Waals surface area contributed by atoms with Gasteiger partial charge in [0.1, 0.15) is 0 Å². The molecule has 1 N–H and O–H groups in total. The second-order valence-electron chi connectivity index (χ2n) is 4.88. The molecule has 100 valence electrons. The van der Waals surface area contributed by atoms with Crippen molar-refractivity contribution >= 4 is 17.7 Å². The van der Waals surface area contributed by atoms with Crippen molar-refractivity contribution in [3.8, 4) is 0 Å². The normalized spacial score (nSPS) is 19.4. The van der Waals surface area contributed by atoms with Gasteiger partial charge in [0.15, 0.2) is 0 Å². The van der Waals surface area contributed by atoms with Gasteiger partial charge in [-0.3, -0.25) is 4.79 Å². The third-order valence-corrected chi connectivity index (χ3v) is 3.98. The van der Waals surface area contributed by atoms with Crippen molar-refractivity contribution in [2.24, 2.45) is 5.92 Å². The minimum atomic E-state index is 0.245. The van der Waals surface area contributed by atoms with E-state index in [2.05, 4.69) is 30.4 Å². The van der Waals surface area contributed by atoms with Gasteiger partial charge < -0.3 is 15.1 Å². The number of rotatable bonds is 6. The van der Waals surface area contributed by atoms with E-state index >= 15 is 0 Å². The summed E-state index contributed by atoms with van der Waals surface area (Å²) in [4.78, 5) is 16.1. The smallest absolute Gasteiger partial charge is 0.236 e. The van der Waals surface area contributed by atoms with Crippen LogP contribution in [0.5, 0.6) is 0 Å². The van der Waals surface area contributed by atoms with Crippen molar-refractivity contribution < 1.29 is 4.79 Å². The summed E-state index contributed by atoms with van der Waals surface area (Å²) in [6.45, 7) is 7.37. The second kappa shape index (κ2) is 7.95. The molecule has 4 nitrogen and oxygen atoms in total. The zero-order chi connectivity index (χ0) is 12.7. The Morgan fingerprint density at radius 2 is 2.00 bits per heavy atom. The first-order valence-corrected chi connectivity index (χ1v) is 7.69. The number of nitrogens with zero attached hydrogens (tertiary/aromatic N) is 2. The zero-order valence-electron chi connectivity index (χ0n) is 11.2.